The molecule has 2 fully saturated rings. The minimum absolute atomic E-state index is 0.388. The van der Waals surface area contributed by atoms with Crippen LogP contribution in [0.5, 0.6) is 0 Å². The summed E-state index contributed by atoms with van der Waals surface area (Å²) in [4.78, 5) is 2.81. The summed E-state index contributed by atoms with van der Waals surface area (Å²) >= 11 is 0. The molecule has 2 heteroatoms. The van der Waals surface area contributed by atoms with Crippen molar-refractivity contribution < 1.29 is 0 Å². The van der Waals surface area contributed by atoms with E-state index in [1.54, 1.807) is 0 Å². The van der Waals surface area contributed by atoms with Gasteiger partial charge in [-0.1, -0.05) is 33.6 Å². The Morgan fingerprint density at radius 2 is 2.06 bits per heavy atom. The van der Waals surface area contributed by atoms with Crippen molar-refractivity contribution in [2.24, 2.45) is 11.8 Å². The fourth-order valence-corrected chi connectivity index (χ4v) is 3.28. The van der Waals surface area contributed by atoms with E-state index >= 15 is 0 Å². The molecule has 0 aromatic rings. The lowest BCUT2D eigenvalue weighted by atomic mass is 9.81. The molecule has 3 atom stereocenters. The molecule has 2 nitrogen and oxygen atoms in total. The van der Waals surface area contributed by atoms with E-state index in [-0.39, 0.29) is 0 Å². The molecule has 0 aromatic carbocycles. The minimum atomic E-state index is 0.388. The number of nitrogens with one attached hydrogen (secondary N) is 1. The van der Waals surface area contributed by atoms with Crippen LogP contribution >= 0.6 is 0 Å². The fraction of sp³-hybridized carbons (Fsp3) is 1.00. The summed E-state index contributed by atoms with van der Waals surface area (Å²) in [5.74, 6) is 1.79. The van der Waals surface area contributed by atoms with Gasteiger partial charge in [-0.2, -0.15) is 0 Å². The van der Waals surface area contributed by atoms with Crippen molar-refractivity contribution in [2.45, 2.75) is 71.4 Å². The molecule has 106 valence electrons. The zero-order chi connectivity index (χ0) is 13.2. The van der Waals surface area contributed by atoms with Crippen molar-refractivity contribution in [1.82, 2.24) is 10.2 Å². The summed E-state index contributed by atoms with van der Waals surface area (Å²) < 4.78 is 0. The predicted molar refractivity (Wildman–Crippen MR) is 78.9 cm³/mol. The maximum atomic E-state index is 3.81. The third-order valence-corrected chi connectivity index (χ3v) is 5.72. The topological polar surface area (TPSA) is 15.3 Å². The van der Waals surface area contributed by atoms with E-state index in [4.69, 9.17) is 0 Å². The molecule has 18 heavy (non-hydrogen) atoms. The van der Waals surface area contributed by atoms with E-state index in [0.717, 1.165) is 11.8 Å². The summed E-state index contributed by atoms with van der Waals surface area (Å²) in [6.07, 6.45) is 6.96. The normalized spacial score (nSPS) is 36.3. The van der Waals surface area contributed by atoms with Crippen molar-refractivity contribution in [2.75, 3.05) is 19.6 Å². The Balaban J connectivity index is 1.98. The number of hydrogen-bond donors (Lipinski definition) is 1. The quantitative estimate of drug-likeness (QED) is 0.808. The van der Waals surface area contributed by atoms with Gasteiger partial charge in [0, 0.05) is 31.2 Å². The van der Waals surface area contributed by atoms with Gasteiger partial charge >= 0.3 is 0 Å². The Hall–Kier alpha value is -0.0800. The standard InChI is InChI=1S/C16H32N2/c1-5-13(3)15-11-18(10-14-8-7-9-14)16(4,6-2)12-17-15/h13-15,17H,5-12H2,1-4H3. The van der Waals surface area contributed by atoms with E-state index in [0.29, 0.717) is 11.6 Å². The van der Waals surface area contributed by atoms with Gasteiger partial charge in [0.25, 0.3) is 0 Å². The Morgan fingerprint density at radius 3 is 2.56 bits per heavy atom. The van der Waals surface area contributed by atoms with Crippen molar-refractivity contribution in [3.8, 4) is 0 Å². The van der Waals surface area contributed by atoms with Gasteiger partial charge in [0.05, 0.1) is 0 Å². The lowest BCUT2D eigenvalue weighted by Gasteiger charge is -2.51. The highest BCUT2D eigenvalue weighted by atomic mass is 15.3. The first-order chi connectivity index (χ1) is 8.59. The molecule has 2 aliphatic rings. The molecule has 0 aromatic heterocycles. The SMILES string of the molecule is CCC(C)C1CN(CC2CCC2)C(C)(CC)CN1. The first kappa shape index (κ1) is 14.3. The van der Waals surface area contributed by atoms with E-state index in [1.807, 2.05) is 0 Å². The van der Waals surface area contributed by atoms with Gasteiger partial charge < -0.3 is 5.32 Å². The predicted octanol–water partition coefficient (Wildman–Crippen LogP) is 3.28. The molecule has 1 N–H and O–H groups in total. The number of nitrogens with zero attached hydrogens (tertiary/aromatic N) is 1. The van der Waals surface area contributed by atoms with Crippen LogP contribution in [-0.2, 0) is 0 Å². The zero-order valence-electron chi connectivity index (χ0n) is 12.8. The van der Waals surface area contributed by atoms with Gasteiger partial charge in [0.2, 0.25) is 0 Å². The molecule has 0 amide bonds. The van der Waals surface area contributed by atoms with Crippen LogP contribution in [0.1, 0.15) is 59.8 Å². The molecule has 1 heterocycles. The van der Waals surface area contributed by atoms with Gasteiger partial charge in [-0.3, -0.25) is 4.90 Å². The lowest BCUT2D eigenvalue weighted by Crippen LogP contribution is -2.65. The van der Waals surface area contributed by atoms with Crippen LogP contribution < -0.4 is 5.32 Å². The first-order valence-corrected chi connectivity index (χ1v) is 8.07. The van der Waals surface area contributed by atoms with Crippen LogP contribution in [-0.4, -0.2) is 36.1 Å². The second kappa shape index (κ2) is 5.92. The number of hydrogen-bond acceptors (Lipinski definition) is 2. The molecule has 1 aliphatic carbocycles. The lowest BCUT2D eigenvalue weighted by molar-refractivity contribution is 0.0128. The van der Waals surface area contributed by atoms with Crippen LogP contribution in [0.4, 0.5) is 0 Å². The molecular formula is C16H32N2. The maximum Gasteiger partial charge on any atom is 0.0304 e. The van der Waals surface area contributed by atoms with E-state index < -0.39 is 0 Å². The summed E-state index contributed by atoms with van der Waals surface area (Å²) in [5, 5.41) is 3.81. The second-order valence-corrected chi connectivity index (χ2v) is 6.93. The van der Waals surface area contributed by atoms with E-state index in [1.165, 1.54) is 51.7 Å². The number of piperazine rings is 1. The molecule has 0 radical (unpaired) electrons. The average Bonchev–Trinajstić information content (AvgIpc) is 2.34. The van der Waals surface area contributed by atoms with Crippen LogP contribution in [0, 0.1) is 11.8 Å². The Morgan fingerprint density at radius 1 is 1.33 bits per heavy atom. The van der Waals surface area contributed by atoms with Crippen LogP contribution in [0.15, 0.2) is 0 Å². The third kappa shape index (κ3) is 2.91. The van der Waals surface area contributed by atoms with Crippen LogP contribution in [0.25, 0.3) is 0 Å². The van der Waals surface area contributed by atoms with Crippen LogP contribution in [0.2, 0.25) is 0 Å². The van der Waals surface area contributed by atoms with Gasteiger partial charge in [-0.25, -0.2) is 0 Å². The molecule has 0 spiro atoms. The van der Waals surface area contributed by atoms with Gasteiger partial charge in [-0.05, 0) is 38.0 Å². The average molecular weight is 252 g/mol. The van der Waals surface area contributed by atoms with Gasteiger partial charge in [0.1, 0.15) is 0 Å². The molecular weight excluding hydrogens is 220 g/mol. The smallest absolute Gasteiger partial charge is 0.0304 e. The Kier molecular flexibility index (Phi) is 4.71. The second-order valence-electron chi connectivity index (χ2n) is 6.93. The van der Waals surface area contributed by atoms with Crippen LogP contribution in [0.3, 0.4) is 0 Å². The maximum absolute atomic E-state index is 3.81. The highest BCUT2D eigenvalue weighted by Crippen LogP contribution is 2.32. The Labute approximate surface area is 114 Å². The summed E-state index contributed by atoms with van der Waals surface area (Å²) in [6, 6.07) is 0.703. The van der Waals surface area contributed by atoms with Gasteiger partial charge in [0.15, 0.2) is 0 Å². The summed E-state index contributed by atoms with van der Waals surface area (Å²) in [5.41, 5.74) is 0.388. The summed E-state index contributed by atoms with van der Waals surface area (Å²) in [6.45, 7) is 13.3. The highest BCUT2D eigenvalue weighted by molar-refractivity contribution is 4.97. The van der Waals surface area contributed by atoms with Gasteiger partial charge in [-0.15, -0.1) is 0 Å². The largest absolute Gasteiger partial charge is 0.311 e. The summed E-state index contributed by atoms with van der Waals surface area (Å²) in [7, 11) is 0. The molecule has 3 unspecified atom stereocenters. The molecule has 1 saturated heterocycles. The van der Waals surface area contributed by atoms with Crippen molar-refractivity contribution >= 4 is 0 Å². The van der Waals surface area contributed by atoms with Crippen molar-refractivity contribution in [1.29, 1.82) is 0 Å². The van der Waals surface area contributed by atoms with Crippen molar-refractivity contribution in [3.63, 3.8) is 0 Å². The third-order valence-electron chi connectivity index (χ3n) is 5.72. The minimum Gasteiger partial charge on any atom is -0.311 e. The molecule has 1 aliphatic heterocycles. The molecule has 2 rings (SSSR count). The fourth-order valence-electron chi connectivity index (χ4n) is 3.28. The number of rotatable bonds is 5. The first-order valence-electron chi connectivity index (χ1n) is 8.07. The zero-order valence-corrected chi connectivity index (χ0v) is 12.8. The molecule has 1 saturated carbocycles. The van der Waals surface area contributed by atoms with Crippen molar-refractivity contribution in [3.05, 3.63) is 0 Å². The highest BCUT2D eigenvalue weighted by Gasteiger charge is 2.38. The van der Waals surface area contributed by atoms with E-state index in [9.17, 15) is 0 Å². The monoisotopic (exact) mass is 252 g/mol. The molecule has 0 bridgehead atoms. The Bertz CT molecular complexity index is 262. The van der Waals surface area contributed by atoms with E-state index in [2.05, 4.69) is 37.9 Å².